The number of nitrogens with one attached hydrogen (secondary N) is 1. The number of piperidine rings is 1. The van der Waals surface area contributed by atoms with Crippen LogP contribution in [0.1, 0.15) is 12.8 Å². The second kappa shape index (κ2) is 4.95. The number of oxime groups is 1. The lowest BCUT2D eigenvalue weighted by Crippen LogP contribution is -2.30. The molecular weight excluding hydrogens is 228 g/mol. The summed E-state index contributed by atoms with van der Waals surface area (Å²) in [5, 5.41) is 6.79. The van der Waals surface area contributed by atoms with Gasteiger partial charge in [0.1, 0.15) is 5.17 Å². The maximum absolute atomic E-state index is 10.6. The third-order valence-corrected chi connectivity index (χ3v) is 2.66. The lowest BCUT2D eigenvalue weighted by molar-refractivity contribution is 0.337. The Morgan fingerprint density at radius 2 is 2.07 bits per heavy atom. The van der Waals surface area contributed by atoms with Crippen molar-refractivity contribution in [1.29, 1.82) is 0 Å². The van der Waals surface area contributed by atoms with Crippen molar-refractivity contribution in [2.75, 3.05) is 19.3 Å². The first-order valence-corrected chi connectivity index (χ1v) is 6.51. The molecule has 0 aromatic carbocycles. The molecule has 5 nitrogen and oxygen atoms in total. The molecule has 0 radical (unpaired) electrons. The molecule has 82 valence electrons. The van der Waals surface area contributed by atoms with Crippen LogP contribution in [0.3, 0.4) is 0 Å². The fourth-order valence-electron chi connectivity index (χ4n) is 1.24. The predicted molar refractivity (Wildman–Crippen MR) is 54.8 cm³/mol. The van der Waals surface area contributed by atoms with Gasteiger partial charge in [-0.2, -0.15) is 8.42 Å². The minimum Gasteiger partial charge on any atom is -0.317 e. The molecule has 1 aliphatic heterocycles. The highest BCUT2D eigenvalue weighted by Gasteiger charge is 2.18. The van der Waals surface area contributed by atoms with Crippen molar-refractivity contribution in [3.63, 3.8) is 0 Å². The summed E-state index contributed by atoms with van der Waals surface area (Å²) >= 11 is 5.80. The summed E-state index contributed by atoms with van der Waals surface area (Å²) in [6.07, 6.45) is 2.65. The molecule has 1 aliphatic rings. The summed E-state index contributed by atoms with van der Waals surface area (Å²) in [6, 6.07) is 0. The number of nitrogens with zero attached hydrogens (tertiary/aromatic N) is 1. The van der Waals surface area contributed by atoms with Gasteiger partial charge in [-0.1, -0.05) is 16.8 Å². The van der Waals surface area contributed by atoms with Crippen LogP contribution in [0.15, 0.2) is 5.16 Å². The topological polar surface area (TPSA) is 67.8 Å². The number of rotatable bonds is 3. The predicted octanol–water partition coefficient (Wildman–Crippen LogP) is 0.514. The minimum absolute atomic E-state index is 0.111. The van der Waals surface area contributed by atoms with E-state index in [4.69, 9.17) is 11.6 Å². The van der Waals surface area contributed by atoms with E-state index in [2.05, 4.69) is 14.8 Å². The molecule has 0 saturated carbocycles. The van der Waals surface area contributed by atoms with E-state index >= 15 is 0 Å². The molecule has 0 aromatic heterocycles. The number of hydrogen-bond donors (Lipinski definition) is 1. The molecular formula is C7H13ClN2O3S. The maximum Gasteiger partial charge on any atom is 0.325 e. The molecule has 1 saturated heterocycles. The van der Waals surface area contributed by atoms with Crippen molar-refractivity contribution in [3.05, 3.63) is 0 Å². The molecule has 1 N–H and O–H groups in total. The van der Waals surface area contributed by atoms with Crippen LogP contribution in [0.25, 0.3) is 0 Å². The Morgan fingerprint density at radius 3 is 2.57 bits per heavy atom. The van der Waals surface area contributed by atoms with E-state index in [0.717, 1.165) is 32.2 Å². The van der Waals surface area contributed by atoms with Crippen molar-refractivity contribution < 1.29 is 12.7 Å². The summed E-state index contributed by atoms with van der Waals surface area (Å²) in [5.41, 5.74) is 0. The molecule has 1 heterocycles. The zero-order valence-electron chi connectivity index (χ0n) is 7.86. The van der Waals surface area contributed by atoms with Crippen LogP contribution in [0, 0.1) is 5.92 Å². The van der Waals surface area contributed by atoms with Gasteiger partial charge in [0.05, 0.1) is 6.26 Å². The third-order valence-electron chi connectivity index (χ3n) is 1.94. The molecule has 0 unspecified atom stereocenters. The van der Waals surface area contributed by atoms with Crippen LogP contribution in [-0.2, 0) is 14.4 Å². The van der Waals surface area contributed by atoms with E-state index < -0.39 is 10.1 Å². The fraction of sp³-hybridized carbons (Fsp3) is 0.857. The Hall–Kier alpha value is -0.330. The Bertz CT molecular complexity index is 309. The van der Waals surface area contributed by atoms with Crippen molar-refractivity contribution in [2.24, 2.45) is 11.1 Å². The van der Waals surface area contributed by atoms with Crippen molar-refractivity contribution in [3.8, 4) is 0 Å². The van der Waals surface area contributed by atoms with Crippen LogP contribution >= 0.6 is 11.6 Å². The standard InChI is InChI=1S/C7H13ClN2O3S/c1-14(11,12)13-10-7(8)6-2-4-9-5-3-6/h6,9H,2-5H2,1H3. The number of hydrogen-bond acceptors (Lipinski definition) is 5. The van der Waals surface area contributed by atoms with Crippen molar-refractivity contribution in [2.45, 2.75) is 12.8 Å². The molecule has 0 amide bonds. The van der Waals surface area contributed by atoms with Gasteiger partial charge in [-0.25, -0.2) is 0 Å². The lowest BCUT2D eigenvalue weighted by atomic mass is 10.00. The third kappa shape index (κ3) is 4.26. The van der Waals surface area contributed by atoms with Crippen molar-refractivity contribution >= 4 is 26.9 Å². The van der Waals surface area contributed by atoms with Gasteiger partial charge in [0.2, 0.25) is 0 Å². The molecule has 14 heavy (non-hydrogen) atoms. The van der Waals surface area contributed by atoms with Crippen LogP contribution in [0.4, 0.5) is 0 Å². The zero-order chi connectivity index (χ0) is 10.6. The normalized spacial score (nSPS) is 20.9. The van der Waals surface area contributed by atoms with Gasteiger partial charge in [-0.15, -0.1) is 0 Å². The Balaban J connectivity index is 2.50. The monoisotopic (exact) mass is 240 g/mol. The van der Waals surface area contributed by atoms with Crippen LogP contribution in [-0.4, -0.2) is 32.9 Å². The highest BCUT2D eigenvalue weighted by atomic mass is 35.5. The van der Waals surface area contributed by atoms with Gasteiger partial charge in [0.25, 0.3) is 0 Å². The summed E-state index contributed by atoms with van der Waals surface area (Å²) < 4.78 is 25.5. The minimum atomic E-state index is -3.55. The van der Waals surface area contributed by atoms with Crippen LogP contribution in [0.2, 0.25) is 0 Å². The molecule has 7 heteroatoms. The summed E-state index contributed by atoms with van der Waals surface area (Å²) in [6.45, 7) is 1.74. The van der Waals surface area contributed by atoms with Crippen LogP contribution in [0.5, 0.6) is 0 Å². The molecule has 0 aromatic rings. The van der Waals surface area contributed by atoms with Gasteiger partial charge in [-0.3, -0.25) is 4.28 Å². The van der Waals surface area contributed by atoms with E-state index in [1.54, 1.807) is 0 Å². The smallest absolute Gasteiger partial charge is 0.317 e. The van der Waals surface area contributed by atoms with Crippen molar-refractivity contribution in [1.82, 2.24) is 5.32 Å². The first kappa shape index (κ1) is 11.7. The van der Waals surface area contributed by atoms with E-state index in [1.807, 2.05) is 0 Å². The molecule has 0 spiro atoms. The summed E-state index contributed by atoms with van der Waals surface area (Å²) in [4.78, 5) is 0. The van der Waals surface area contributed by atoms with E-state index in [-0.39, 0.29) is 11.1 Å². The maximum atomic E-state index is 10.6. The molecule has 0 bridgehead atoms. The average Bonchev–Trinajstić information content (AvgIpc) is 2.14. The fourth-order valence-corrected chi connectivity index (χ4v) is 1.75. The first-order valence-electron chi connectivity index (χ1n) is 4.32. The van der Waals surface area contributed by atoms with Gasteiger partial charge >= 0.3 is 10.1 Å². The second-order valence-corrected chi connectivity index (χ2v) is 5.16. The van der Waals surface area contributed by atoms with Gasteiger partial charge in [0, 0.05) is 5.92 Å². The highest BCUT2D eigenvalue weighted by Crippen LogP contribution is 2.16. The number of halogens is 1. The SMILES string of the molecule is CS(=O)(=O)ON=C(Cl)C1CCNCC1. The highest BCUT2D eigenvalue weighted by molar-refractivity contribution is 7.85. The Labute approximate surface area is 88.6 Å². The Morgan fingerprint density at radius 1 is 1.50 bits per heavy atom. The summed E-state index contributed by atoms with van der Waals surface area (Å²) in [7, 11) is -3.55. The van der Waals surface area contributed by atoms with E-state index in [0.29, 0.717) is 0 Å². The Kier molecular flexibility index (Phi) is 4.15. The molecule has 1 rings (SSSR count). The van der Waals surface area contributed by atoms with E-state index in [9.17, 15) is 8.42 Å². The summed E-state index contributed by atoms with van der Waals surface area (Å²) in [5.74, 6) is 0.111. The zero-order valence-corrected chi connectivity index (χ0v) is 9.44. The average molecular weight is 241 g/mol. The molecule has 0 atom stereocenters. The molecule has 0 aliphatic carbocycles. The van der Waals surface area contributed by atoms with Crippen LogP contribution < -0.4 is 5.32 Å². The quantitative estimate of drug-likeness (QED) is 0.577. The largest absolute Gasteiger partial charge is 0.325 e. The lowest BCUT2D eigenvalue weighted by Gasteiger charge is -2.20. The molecule has 1 fully saturated rings. The van der Waals surface area contributed by atoms with Gasteiger partial charge in [0.15, 0.2) is 0 Å². The van der Waals surface area contributed by atoms with Gasteiger partial charge < -0.3 is 5.32 Å². The van der Waals surface area contributed by atoms with Gasteiger partial charge in [-0.05, 0) is 25.9 Å². The second-order valence-electron chi connectivity index (χ2n) is 3.22. The first-order chi connectivity index (χ1) is 6.49. The van der Waals surface area contributed by atoms with E-state index in [1.165, 1.54) is 0 Å².